The van der Waals surface area contributed by atoms with Crippen molar-refractivity contribution in [3.63, 3.8) is 0 Å². The lowest BCUT2D eigenvalue weighted by atomic mass is 9.73. The Hall–Kier alpha value is -1.58. The van der Waals surface area contributed by atoms with E-state index in [0.717, 1.165) is 25.0 Å². The van der Waals surface area contributed by atoms with E-state index in [0.29, 0.717) is 25.2 Å². The zero-order chi connectivity index (χ0) is 18.4. The van der Waals surface area contributed by atoms with Crippen molar-refractivity contribution in [3.8, 4) is 11.8 Å². The fourth-order valence-electron chi connectivity index (χ4n) is 3.79. The van der Waals surface area contributed by atoms with Crippen molar-refractivity contribution >= 4 is 11.7 Å². The monoisotopic (exact) mass is 351 g/mol. The SMILES string of the molecule is CCC(CC)CCC(O)C#CC1CC2C(=NOCC(=O)O)CC2C1O. The number of hydrogen-bond acceptors (Lipinski definition) is 5. The van der Waals surface area contributed by atoms with Crippen LogP contribution in [-0.4, -0.2) is 45.8 Å². The van der Waals surface area contributed by atoms with E-state index >= 15 is 0 Å². The van der Waals surface area contributed by atoms with E-state index < -0.39 is 24.8 Å². The summed E-state index contributed by atoms with van der Waals surface area (Å²) in [5.74, 6) is 5.59. The normalized spacial score (nSPS) is 30.4. The lowest BCUT2D eigenvalue weighted by Gasteiger charge is -2.33. The minimum absolute atomic E-state index is 0.116. The van der Waals surface area contributed by atoms with Crippen LogP contribution in [0.3, 0.4) is 0 Å². The van der Waals surface area contributed by atoms with Crippen LogP contribution in [0.1, 0.15) is 52.4 Å². The molecule has 0 aromatic rings. The van der Waals surface area contributed by atoms with Gasteiger partial charge in [0, 0.05) is 11.8 Å². The van der Waals surface area contributed by atoms with Gasteiger partial charge in [0.1, 0.15) is 6.10 Å². The molecular formula is C19H29NO5. The van der Waals surface area contributed by atoms with Crippen LogP contribution in [0.15, 0.2) is 5.16 Å². The van der Waals surface area contributed by atoms with E-state index in [2.05, 4.69) is 30.8 Å². The molecule has 0 spiro atoms. The number of carboxylic acids is 1. The average Bonchev–Trinajstić information content (AvgIpc) is 2.81. The van der Waals surface area contributed by atoms with Gasteiger partial charge in [0.25, 0.3) is 0 Å². The molecule has 6 nitrogen and oxygen atoms in total. The molecule has 3 N–H and O–H groups in total. The zero-order valence-electron chi connectivity index (χ0n) is 15.0. The first-order chi connectivity index (χ1) is 12.0. The largest absolute Gasteiger partial charge is 0.479 e. The second kappa shape index (κ2) is 9.21. The molecule has 0 saturated heterocycles. The van der Waals surface area contributed by atoms with Crippen LogP contribution in [0.25, 0.3) is 0 Å². The first-order valence-electron chi connectivity index (χ1n) is 9.23. The number of aliphatic hydroxyl groups is 2. The van der Waals surface area contributed by atoms with Gasteiger partial charge in [-0.05, 0) is 37.5 Å². The summed E-state index contributed by atoms with van der Waals surface area (Å²) in [6, 6.07) is 0. The van der Waals surface area contributed by atoms with Gasteiger partial charge in [0.2, 0.25) is 6.61 Å². The number of oxime groups is 1. The van der Waals surface area contributed by atoms with Gasteiger partial charge >= 0.3 is 5.97 Å². The molecule has 2 aliphatic rings. The molecule has 5 atom stereocenters. The predicted octanol–water partition coefficient (Wildman–Crippen LogP) is 2.04. The van der Waals surface area contributed by atoms with E-state index in [1.54, 1.807) is 0 Å². The summed E-state index contributed by atoms with van der Waals surface area (Å²) in [5.41, 5.74) is 0.809. The Morgan fingerprint density at radius 3 is 2.72 bits per heavy atom. The van der Waals surface area contributed by atoms with E-state index in [-0.39, 0.29) is 17.8 Å². The lowest BCUT2D eigenvalue weighted by Crippen LogP contribution is -2.38. The number of aliphatic carboxylic acids is 1. The van der Waals surface area contributed by atoms with E-state index in [1.165, 1.54) is 0 Å². The second-order valence-corrected chi connectivity index (χ2v) is 7.12. The van der Waals surface area contributed by atoms with Crippen molar-refractivity contribution in [1.82, 2.24) is 0 Å². The summed E-state index contributed by atoms with van der Waals surface area (Å²) in [7, 11) is 0. The highest BCUT2D eigenvalue weighted by Gasteiger charge is 2.51. The van der Waals surface area contributed by atoms with Crippen LogP contribution in [0.4, 0.5) is 0 Å². The van der Waals surface area contributed by atoms with Gasteiger partial charge in [-0.3, -0.25) is 0 Å². The second-order valence-electron chi connectivity index (χ2n) is 7.12. The Bertz CT molecular complexity index is 546. The van der Waals surface area contributed by atoms with Crippen molar-refractivity contribution in [2.45, 2.75) is 64.6 Å². The Kier molecular flexibility index (Phi) is 7.27. The number of carbonyl (C=O) groups is 1. The standard InChI is InChI=1S/C19H29NO5/c1-3-12(4-2)5-7-14(21)8-6-13-9-15-16(19(13)24)10-17(15)20-25-11-18(22)23/h12-16,19,21,24H,3-5,7,9-11H2,1-2H3,(H,22,23). The van der Waals surface area contributed by atoms with Gasteiger partial charge in [0.05, 0.1) is 11.8 Å². The van der Waals surface area contributed by atoms with Crippen LogP contribution in [0, 0.1) is 35.5 Å². The average molecular weight is 351 g/mol. The predicted molar refractivity (Wildman–Crippen MR) is 93.8 cm³/mol. The molecule has 2 fully saturated rings. The van der Waals surface area contributed by atoms with E-state index in [1.807, 2.05) is 0 Å². The number of carboxylic acid groups (broad SMARTS) is 1. The first kappa shape index (κ1) is 19.7. The topological polar surface area (TPSA) is 99.4 Å². The Balaban J connectivity index is 1.82. The number of hydrogen-bond donors (Lipinski definition) is 3. The summed E-state index contributed by atoms with van der Waals surface area (Å²) < 4.78 is 0. The summed E-state index contributed by atoms with van der Waals surface area (Å²) in [5, 5.41) is 32.8. The number of rotatable bonds is 8. The first-order valence-corrected chi connectivity index (χ1v) is 9.23. The number of aliphatic hydroxyl groups excluding tert-OH is 2. The van der Waals surface area contributed by atoms with Gasteiger partial charge in [-0.25, -0.2) is 4.79 Å². The van der Waals surface area contributed by atoms with Crippen molar-refractivity contribution in [2.75, 3.05) is 6.61 Å². The molecule has 0 aromatic heterocycles. The molecule has 140 valence electrons. The zero-order valence-corrected chi connectivity index (χ0v) is 15.0. The van der Waals surface area contributed by atoms with Crippen molar-refractivity contribution in [2.24, 2.45) is 28.8 Å². The number of nitrogens with zero attached hydrogens (tertiary/aromatic N) is 1. The highest BCUT2D eigenvalue weighted by Crippen LogP contribution is 2.47. The van der Waals surface area contributed by atoms with Gasteiger partial charge in [-0.2, -0.15) is 0 Å². The summed E-state index contributed by atoms with van der Waals surface area (Å²) in [4.78, 5) is 15.2. The minimum Gasteiger partial charge on any atom is -0.479 e. The smallest absolute Gasteiger partial charge is 0.344 e. The van der Waals surface area contributed by atoms with Crippen molar-refractivity contribution < 1.29 is 25.0 Å². The molecule has 0 aliphatic heterocycles. The van der Waals surface area contributed by atoms with Gasteiger partial charge in [-0.15, -0.1) is 0 Å². The third kappa shape index (κ3) is 5.20. The molecule has 2 saturated carbocycles. The van der Waals surface area contributed by atoms with Crippen LogP contribution in [-0.2, 0) is 9.63 Å². The third-order valence-corrected chi connectivity index (χ3v) is 5.56. The molecule has 6 heteroatoms. The van der Waals surface area contributed by atoms with Crippen molar-refractivity contribution in [1.29, 1.82) is 0 Å². The highest BCUT2D eigenvalue weighted by molar-refractivity contribution is 5.93. The maximum atomic E-state index is 10.4. The molecule has 5 unspecified atom stereocenters. The van der Waals surface area contributed by atoms with Crippen LogP contribution < -0.4 is 0 Å². The molecule has 25 heavy (non-hydrogen) atoms. The Morgan fingerprint density at radius 1 is 1.36 bits per heavy atom. The molecule has 0 bridgehead atoms. The summed E-state index contributed by atoms with van der Waals surface area (Å²) in [6.07, 6.45) is 4.04. The van der Waals surface area contributed by atoms with Crippen LogP contribution in [0.2, 0.25) is 0 Å². The van der Waals surface area contributed by atoms with Gasteiger partial charge in [0.15, 0.2) is 0 Å². The maximum Gasteiger partial charge on any atom is 0.344 e. The molecular weight excluding hydrogens is 322 g/mol. The van der Waals surface area contributed by atoms with Crippen LogP contribution in [0.5, 0.6) is 0 Å². The van der Waals surface area contributed by atoms with Crippen LogP contribution >= 0.6 is 0 Å². The van der Waals surface area contributed by atoms with Gasteiger partial charge in [-0.1, -0.05) is 43.7 Å². The highest BCUT2D eigenvalue weighted by atomic mass is 16.6. The summed E-state index contributed by atoms with van der Waals surface area (Å²) >= 11 is 0. The molecule has 0 heterocycles. The molecule has 0 radical (unpaired) electrons. The molecule has 0 aromatic carbocycles. The fourth-order valence-corrected chi connectivity index (χ4v) is 3.79. The number of fused-ring (bicyclic) bond motifs is 1. The third-order valence-electron chi connectivity index (χ3n) is 5.56. The maximum absolute atomic E-state index is 10.4. The minimum atomic E-state index is -1.06. The van der Waals surface area contributed by atoms with Crippen molar-refractivity contribution in [3.05, 3.63) is 0 Å². The fraction of sp³-hybridized carbons (Fsp3) is 0.789. The van der Waals surface area contributed by atoms with Gasteiger partial charge < -0.3 is 20.2 Å². The van der Waals surface area contributed by atoms with E-state index in [9.17, 15) is 15.0 Å². The Morgan fingerprint density at radius 2 is 2.08 bits per heavy atom. The van der Waals surface area contributed by atoms with E-state index in [4.69, 9.17) is 9.94 Å². The Labute approximate surface area is 149 Å². The quantitative estimate of drug-likeness (QED) is 0.459. The molecule has 0 amide bonds. The molecule has 2 aliphatic carbocycles. The summed E-state index contributed by atoms with van der Waals surface area (Å²) in [6.45, 7) is 3.88. The molecule has 2 rings (SSSR count). The lowest BCUT2D eigenvalue weighted by molar-refractivity contribution is -0.142.